The van der Waals surface area contributed by atoms with Crippen molar-refractivity contribution >= 4 is 11.8 Å². The van der Waals surface area contributed by atoms with Crippen LogP contribution < -0.4 is 11.5 Å². The fourth-order valence-electron chi connectivity index (χ4n) is 3.79. The monoisotopic (exact) mass is 256 g/mol. The van der Waals surface area contributed by atoms with Crippen LogP contribution in [0.5, 0.6) is 0 Å². The molecule has 0 aliphatic heterocycles. The van der Waals surface area contributed by atoms with Gasteiger partial charge in [-0.05, 0) is 23.5 Å². The average molecular weight is 256 g/mol. The zero-order valence-electron chi connectivity index (χ0n) is 10.7. The number of nitrogens with two attached hydrogens (primary N) is 2. The minimum Gasteiger partial charge on any atom is -0.369 e. The first-order chi connectivity index (χ1) is 8.96. The highest BCUT2D eigenvalue weighted by Crippen LogP contribution is 2.53. The van der Waals surface area contributed by atoms with E-state index in [0.717, 1.165) is 11.1 Å². The van der Waals surface area contributed by atoms with Crippen LogP contribution in [0.25, 0.3) is 0 Å². The molecule has 3 aliphatic carbocycles. The predicted octanol–water partition coefficient (Wildman–Crippen LogP) is 0.742. The SMILES string of the molecule is CC1C2(C(N)=O)C=CCC1(C(N)=O)c1ccc2cc1. The highest BCUT2D eigenvalue weighted by atomic mass is 16.2. The second-order valence-electron chi connectivity index (χ2n) is 5.47. The Morgan fingerprint density at radius 2 is 1.68 bits per heavy atom. The van der Waals surface area contributed by atoms with Crippen LogP contribution in [0.1, 0.15) is 24.5 Å². The summed E-state index contributed by atoms with van der Waals surface area (Å²) < 4.78 is 0. The molecule has 19 heavy (non-hydrogen) atoms. The zero-order valence-corrected chi connectivity index (χ0v) is 10.7. The minimum atomic E-state index is -0.946. The van der Waals surface area contributed by atoms with Gasteiger partial charge in [0.25, 0.3) is 0 Å². The summed E-state index contributed by atoms with van der Waals surface area (Å²) in [5, 5.41) is 0. The molecule has 0 saturated carbocycles. The van der Waals surface area contributed by atoms with Crippen molar-refractivity contribution in [1.29, 1.82) is 0 Å². The molecule has 0 saturated heterocycles. The molecule has 2 amide bonds. The van der Waals surface area contributed by atoms with Crippen LogP contribution in [-0.4, -0.2) is 11.8 Å². The maximum atomic E-state index is 12.1. The van der Waals surface area contributed by atoms with E-state index in [4.69, 9.17) is 11.5 Å². The van der Waals surface area contributed by atoms with Gasteiger partial charge in [-0.15, -0.1) is 0 Å². The second kappa shape index (κ2) is 3.47. The molecule has 1 aromatic carbocycles. The molecule has 4 bridgehead atoms. The molecule has 4 heteroatoms. The maximum absolute atomic E-state index is 12.1. The number of carbonyl (C=O) groups is 2. The van der Waals surface area contributed by atoms with Gasteiger partial charge in [0.15, 0.2) is 0 Å². The van der Waals surface area contributed by atoms with Crippen LogP contribution in [0, 0.1) is 5.92 Å². The molecule has 0 spiro atoms. The van der Waals surface area contributed by atoms with Crippen LogP contribution in [0.2, 0.25) is 0 Å². The highest BCUT2D eigenvalue weighted by Gasteiger charge is 2.58. The van der Waals surface area contributed by atoms with Gasteiger partial charge in [-0.25, -0.2) is 0 Å². The number of carbonyl (C=O) groups excluding carboxylic acids is 2. The Labute approximate surface area is 111 Å². The van der Waals surface area contributed by atoms with E-state index in [1.165, 1.54) is 0 Å². The lowest BCUT2D eigenvalue weighted by atomic mass is 9.55. The summed E-state index contributed by atoms with van der Waals surface area (Å²) in [5.41, 5.74) is 11.3. The Bertz CT molecular complexity index is 605. The Morgan fingerprint density at radius 3 is 2.21 bits per heavy atom. The lowest BCUT2D eigenvalue weighted by molar-refractivity contribution is -0.130. The van der Waals surface area contributed by atoms with E-state index in [1.54, 1.807) is 0 Å². The molecular weight excluding hydrogens is 240 g/mol. The van der Waals surface area contributed by atoms with Crippen LogP contribution >= 0.6 is 0 Å². The van der Waals surface area contributed by atoms with Crippen molar-refractivity contribution in [2.75, 3.05) is 0 Å². The number of allylic oxidation sites excluding steroid dienone is 1. The number of benzene rings is 1. The van der Waals surface area contributed by atoms with Gasteiger partial charge >= 0.3 is 0 Å². The summed E-state index contributed by atoms with van der Waals surface area (Å²) in [6, 6.07) is 7.51. The lowest BCUT2D eigenvalue weighted by Gasteiger charge is -2.45. The summed E-state index contributed by atoms with van der Waals surface area (Å²) in [6.45, 7) is 1.89. The molecule has 1 aromatic rings. The molecule has 3 unspecified atom stereocenters. The van der Waals surface area contributed by atoms with Gasteiger partial charge < -0.3 is 11.5 Å². The van der Waals surface area contributed by atoms with Crippen LogP contribution in [-0.2, 0) is 20.4 Å². The van der Waals surface area contributed by atoms with Crippen LogP contribution in [0.3, 0.4) is 0 Å². The second-order valence-corrected chi connectivity index (χ2v) is 5.47. The summed E-state index contributed by atoms with van der Waals surface area (Å²) in [7, 11) is 0. The predicted molar refractivity (Wildman–Crippen MR) is 71.1 cm³/mol. The summed E-state index contributed by atoms with van der Waals surface area (Å²) in [5.74, 6) is -1.12. The summed E-state index contributed by atoms with van der Waals surface area (Å²) in [6.07, 6.45) is 4.20. The quantitative estimate of drug-likeness (QED) is 0.765. The van der Waals surface area contributed by atoms with Gasteiger partial charge in [-0.3, -0.25) is 9.59 Å². The average Bonchev–Trinajstić information content (AvgIpc) is 2.49. The van der Waals surface area contributed by atoms with Crippen molar-refractivity contribution in [2.45, 2.75) is 24.2 Å². The molecule has 3 aliphatic rings. The first-order valence-corrected chi connectivity index (χ1v) is 6.35. The lowest BCUT2D eigenvalue weighted by Crippen LogP contribution is -2.58. The van der Waals surface area contributed by atoms with Crippen LogP contribution in [0.15, 0.2) is 36.4 Å². The molecule has 0 aromatic heterocycles. The van der Waals surface area contributed by atoms with Crippen molar-refractivity contribution < 1.29 is 9.59 Å². The van der Waals surface area contributed by atoms with Gasteiger partial charge in [0.05, 0.1) is 10.8 Å². The highest BCUT2D eigenvalue weighted by molar-refractivity contribution is 5.95. The molecule has 0 fully saturated rings. The van der Waals surface area contributed by atoms with Gasteiger partial charge in [0.1, 0.15) is 0 Å². The van der Waals surface area contributed by atoms with Crippen molar-refractivity contribution in [1.82, 2.24) is 0 Å². The largest absolute Gasteiger partial charge is 0.369 e. The number of amides is 2. The summed E-state index contributed by atoms with van der Waals surface area (Å²) in [4.78, 5) is 24.3. The van der Waals surface area contributed by atoms with Gasteiger partial charge in [0, 0.05) is 0 Å². The van der Waals surface area contributed by atoms with Gasteiger partial charge in [-0.2, -0.15) is 0 Å². The third-order valence-corrected chi connectivity index (χ3v) is 4.97. The molecular formula is C15H16N2O2. The zero-order chi connectivity index (χ0) is 13.8. The molecule has 0 radical (unpaired) electrons. The number of primary amides is 2. The van der Waals surface area contributed by atoms with Crippen LogP contribution in [0.4, 0.5) is 0 Å². The van der Waals surface area contributed by atoms with Crippen molar-refractivity contribution in [3.63, 3.8) is 0 Å². The fraction of sp³-hybridized carbons (Fsp3) is 0.333. The molecule has 4 nitrogen and oxygen atoms in total. The molecule has 4 rings (SSSR count). The Kier molecular flexibility index (Phi) is 2.18. The molecule has 98 valence electrons. The van der Waals surface area contributed by atoms with Crippen molar-refractivity contribution in [3.8, 4) is 0 Å². The van der Waals surface area contributed by atoms with E-state index in [-0.39, 0.29) is 5.92 Å². The molecule has 4 N–H and O–H groups in total. The standard InChI is InChI=1S/C15H16N2O2/c1-9-14(12(16)18)7-2-8-15(9,13(17)19)11-4-3-10(14)5-6-11/h2-7,9H,8H2,1H3,(H2,16,18)(H2,17,19). The number of hydrogen-bond donors (Lipinski definition) is 2. The van der Waals surface area contributed by atoms with E-state index in [9.17, 15) is 9.59 Å². The van der Waals surface area contributed by atoms with E-state index in [1.807, 2.05) is 43.3 Å². The van der Waals surface area contributed by atoms with E-state index < -0.39 is 22.6 Å². The first-order valence-electron chi connectivity index (χ1n) is 6.35. The smallest absolute Gasteiger partial charge is 0.232 e. The Hall–Kier alpha value is -2.10. The third kappa shape index (κ3) is 1.14. The van der Waals surface area contributed by atoms with E-state index in [0.29, 0.717) is 6.42 Å². The topological polar surface area (TPSA) is 86.2 Å². The van der Waals surface area contributed by atoms with Gasteiger partial charge in [0.2, 0.25) is 11.8 Å². The first kappa shape index (κ1) is 12.0. The van der Waals surface area contributed by atoms with E-state index >= 15 is 0 Å². The fourth-order valence-corrected chi connectivity index (χ4v) is 3.79. The molecule has 3 atom stereocenters. The molecule has 0 heterocycles. The minimum absolute atomic E-state index is 0.282. The maximum Gasteiger partial charge on any atom is 0.232 e. The number of hydrogen-bond acceptors (Lipinski definition) is 2. The normalized spacial score (nSPS) is 34.9. The third-order valence-electron chi connectivity index (χ3n) is 4.97. The van der Waals surface area contributed by atoms with E-state index in [2.05, 4.69) is 0 Å². The Morgan fingerprint density at radius 1 is 1.11 bits per heavy atom. The van der Waals surface area contributed by atoms with Crippen molar-refractivity contribution in [2.24, 2.45) is 17.4 Å². The van der Waals surface area contributed by atoms with Crippen molar-refractivity contribution in [3.05, 3.63) is 47.5 Å². The Balaban J connectivity index is 2.41. The number of rotatable bonds is 2. The number of fused-ring (bicyclic) bond motifs is 2. The summed E-state index contributed by atoms with van der Waals surface area (Å²) >= 11 is 0. The van der Waals surface area contributed by atoms with Gasteiger partial charge in [-0.1, -0.05) is 43.3 Å².